The van der Waals surface area contributed by atoms with Gasteiger partial charge in [0.25, 0.3) is 0 Å². The second-order valence-corrected chi connectivity index (χ2v) is 5.07. The summed E-state index contributed by atoms with van der Waals surface area (Å²) in [6.07, 6.45) is 3.33. The van der Waals surface area contributed by atoms with Crippen molar-refractivity contribution >= 4 is 0 Å². The van der Waals surface area contributed by atoms with Gasteiger partial charge in [-0.2, -0.15) is 0 Å². The van der Waals surface area contributed by atoms with Gasteiger partial charge in [-0.15, -0.1) is 0 Å². The Hall–Kier alpha value is -0.0800. The lowest BCUT2D eigenvalue weighted by Gasteiger charge is -2.35. The molecule has 0 amide bonds. The van der Waals surface area contributed by atoms with Crippen LogP contribution in [0.5, 0.6) is 0 Å². The minimum absolute atomic E-state index is 0.409. The van der Waals surface area contributed by atoms with Crippen molar-refractivity contribution in [1.29, 1.82) is 0 Å². The van der Waals surface area contributed by atoms with E-state index in [9.17, 15) is 0 Å². The van der Waals surface area contributed by atoms with E-state index in [4.69, 9.17) is 4.74 Å². The summed E-state index contributed by atoms with van der Waals surface area (Å²) in [6.45, 7) is 9.02. The molecule has 76 valence electrons. The lowest BCUT2D eigenvalue weighted by atomic mass is 9.80. The van der Waals surface area contributed by atoms with Crippen LogP contribution in [-0.2, 0) is 4.74 Å². The average molecular weight is 183 g/mol. The molecule has 0 radical (unpaired) electrons. The molecule has 0 spiro atoms. The Kier molecular flexibility index (Phi) is 2.16. The van der Waals surface area contributed by atoms with Gasteiger partial charge in [0.05, 0.1) is 12.2 Å². The molecule has 2 fully saturated rings. The number of rotatable bonds is 1. The molecule has 2 rings (SSSR count). The van der Waals surface area contributed by atoms with Crippen molar-refractivity contribution in [2.24, 2.45) is 5.92 Å². The van der Waals surface area contributed by atoms with E-state index in [1.165, 1.54) is 12.8 Å². The smallest absolute Gasteiger partial charge is 0.0554 e. The van der Waals surface area contributed by atoms with Gasteiger partial charge in [-0.25, -0.2) is 0 Å². The normalized spacial score (nSPS) is 56.3. The quantitative estimate of drug-likeness (QED) is 0.630. The van der Waals surface area contributed by atoms with Crippen LogP contribution >= 0.6 is 0 Å². The fraction of sp³-hybridized carbons (Fsp3) is 1.00. The molecule has 0 aliphatic carbocycles. The monoisotopic (exact) mass is 183 g/mol. The van der Waals surface area contributed by atoms with E-state index >= 15 is 0 Å². The van der Waals surface area contributed by atoms with Crippen LogP contribution < -0.4 is 5.32 Å². The van der Waals surface area contributed by atoms with E-state index < -0.39 is 0 Å². The Morgan fingerprint density at radius 1 is 1.15 bits per heavy atom. The van der Waals surface area contributed by atoms with Crippen molar-refractivity contribution in [2.75, 3.05) is 0 Å². The lowest BCUT2D eigenvalue weighted by molar-refractivity contribution is -0.0586. The minimum Gasteiger partial charge on any atom is -0.376 e. The minimum atomic E-state index is 0.409. The lowest BCUT2D eigenvalue weighted by Crippen LogP contribution is -2.37. The summed E-state index contributed by atoms with van der Waals surface area (Å²) in [7, 11) is 0. The molecular formula is C11H21NO. The number of hydrogen-bond donors (Lipinski definition) is 1. The van der Waals surface area contributed by atoms with Crippen LogP contribution in [0.25, 0.3) is 0 Å². The van der Waals surface area contributed by atoms with Crippen LogP contribution in [0, 0.1) is 5.92 Å². The zero-order chi connectivity index (χ0) is 9.64. The molecule has 0 aromatic heterocycles. The summed E-state index contributed by atoms with van der Waals surface area (Å²) >= 11 is 0. The number of hydrogen-bond acceptors (Lipinski definition) is 2. The molecule has 2 heteroatoms. The van der Waals surface area contributed by atoms with Crippen molar-refractivity contribution in [3.05, 3.63) is 0 Å². The second kappa shape index (κ2) is 2.96. The van der Waals surface area contributed by atoms with Crippen molar-refractivity contribution in [2.45, 2.75) is 64.3 Å². The summed E-state index contributed by atoms with van der Waals surface area (Å²) in [5.41, 5.74) is 0.409. The maximum atomic E-state index is 5.75. The predicted molar refractivity (Wildman–Crippen MR) is 53.7 cm³/mol. The fourth-order valence-electron chi connectivity index (χ4n) is 2.79. The Morgan fingerprint density at radius 3 is 2.00 bits per heavy atom. The van der Waals surface area contributed by atoms with Gasteiger partial charge in [-0.1, -0.05) is 0 Å². The Balaban J connectivity index is 2.00. The van der Waals surface area contributed by atoms with Gasteiger partial charge in [-0.05, 0) is 46.5 Å². The molecule has 2 aliphatic rings. The molecule has 0 bridgehead atoms. The van der Waals surface area contributed by atoms with Crippen molar-refractivity contribution in [1.82, 2.24) is 5.32 Å². The highest BCUT2D eigenvalue weighted by Gasteiger charge is 2.53. The maximum Gasteiger partial charge on any atom is 0.0554 e. The van der Waals surface area contributed by atoms with Crippen LogP contribution in [0.1, 0.15) is 40.5 Å². The first-order valence-electron chi connectivity index (χ1n) is 5.45. The van der Waals surface area contributed by atoms with E-state index in [1.807, 2.05) is 0 Å². The van der Waals surface area contributed by atoms with Crippen molar-refractivity contribution in [3.63, 3.8) is 0 Å². The maximum absolute atomic E-state index is 5.75. The molecule has 2 heterocycles. The summed E-state index contributed by atoms with van der Waals surface area (Å²) in [5, 5.41) is 3.56. The third kappa shape index (κ3) is 1.62. The van der Waals surface area contributed by atoms with Gasteiger partial charge < -0.3 is 10.1 Å². The Labute approximate surface area is 81.0 Å². The summed E-state index contributed by atoms with van der Waals surface area (Å²) < 4.78 is 5.75. The second-order valence-electron chi connectivity index (χ2n) is 5.07. The van der Waals surface area contributed by atoms with Crippen molar-refractivity contribution < 1.29 is 4.74 Å². The van der Waals surface area contributed by atoms with Crippen LogP contribution in [-0.4, -0.2) is 23.8 Å². The summed E-state index contributed by atoms with van der Waals surface area (Å²) in [6, 6.07) is 0.704. The summed E-state index contributed by atoms with van der Waals surface area (Å²) in [4.78, 5) is 0. The van der Waals surface area contributed by atoms with Gasteiger partial charge >= 0.3 is 0 Å². The van der Waals surface area contributed by atoms with Gasteiger partial charge in [-0.3, -0.25) is 0 Å². The Bertz CT molecular complexity index is 196. The van der Waals surface area contributed by atoms with Gasteiger partial charge in [0.15, 0.2) is 0 Å². The zero-order valence-corrected chi connectivity index (χ0v) is 9.13. The zero-order valence-electron chi connectivity index (χ0n) is 9.13. The third-order valence-corrected chi connectivity index (χ3v) is 3.89. The molecule has 0 aromatic rings. The van der Waals surface area contributed by atoms with Crippen LogP contribution in [0.4, 0.5) is 0 Å². The SMILES string of the molecule is CC1N[C@@]1(C)C1C[C@@H](C)O[C@@H](C)C1. The molecule has 2 nitrogen and oxygen atoms in total. The third-order valence-electron chi connectivity index (χ3n) is 3.89. The standard InChI is InChI=1S/C11H21NO/c1-7-5-10(6-8(2)13-7)11(4)9(3)12-11/h7-10,12H,5-6H2,1-4H3/t7-,8+,9?,10?,11-/m1/s1. The fourth-order valence-corrected chi connectivity index (χ4v) is 2.79. The van der Waals surface area contributed by atoms with Crippen LogP contribution in [0.2, 0.25) is 0 Å². The van der Waals surface area contributed by atoms with E-state index in [0.717, 1.165) is 5.92 Å². The molecule has 0 saturated carbocycles. The largest absolute Gasteiger partial charge is 0.376 e. The summed E-state index contributed by atoms with van der Waals surface area (Å²) in [5.74, 6) is 0.807. The molecule has 2 aliphatic heterocycles. The molecule has 1 N–H and O–H groups in total. The van der Waals surface area contributed by atoms with E-state index in [-0.39, 0.29) is 0 Å². The number of nitrogens with one attached hydrogen (secondary N) is 1. The molecule has 2 saturated heterocycles. The van der Waals surface area contributed by atoms with Crippen LogP contribution in [0.15, 0.2) is 0 Å². The first kappa shape index (κ1) is 9.47. The van der Waals surface area contributed by atoms with Gasteiger partial charge in [0, 0.05) is 11.6 Å². The topological polar surface area (TPSA) is 31.2 Å². The van der Waals surface area contributed by atoms with E-state index in [1.54, 1.807) is 0 Å². The first-order chi connectivity index (χ1) is 6.02. The molecule has 13 heavy (non-hydrogen) atoms. The van der Waals surface area contributed by atoms with Gasteiger partial charge in [0.1, 0.15) is 0 Å². The molecular weight excluding hydrogens is 162 g/mol. The highest BCUT2D eigenvalue weighted by Crippen LogP contribution is 2.42. The first-order valence-corrected chi connectivity index (χ1v) is 5.45. The van der Waals surface area contributed by atoms with E-state index in [0.29, 0.717) is 23.8 Å². The van der Waals surface area contributed by atoms with Crippen molar-refractivity contribution in [3.8, 4) is 0 Å². The van der Waals surface area contributed by atoms with Crippen LogP contribution in [0.3, 0.4) is 0 Å². The molecule has 0 aromatic carbocycles. The highest BCUT2D eigenvalue weighted by molar-refractivity contribution is 5.13. The molecule has 2 unspecified atom stereocenters. The van der Waals surface area contributed by atoms with E-state index in [2.05, 4.69) is 33.0 Å². The number of ether oxygens (including phenoxy) is 1. The Morgan fingerprint density at radius 2 is 1.62 bits per heavy atom. The highest BCUT2D eigenvalue weighted by atomic mass is 16.5. The van der Waals surface area contributed by atoms with Gasteiger partial charge in [0.2, 0.25) is 0 Å². The average Bonchev–Trinajstić information content (AvgIpc) is 2.59. The predicted octanol–water partition coefficient (Wildman–Crippen LogP) is 1.94. The molecule has 5 atom stereocenters.